The second-order valence-electron chi connectivity index (χ2n) is 6.49. The molecule has 6 nitrogen and oxygen atoms in total. The smallest absolute Gasteiger partial charge is 0.255 e. The number of sulfonamides is 1. The molecular formula is C20H27N3O3S. The molecule has 0 fully saturated rings. The molecule has 0 unspecified atom stereocenters. The third kappa shape index (κ3) is 4.67. The van der Waals surface area contributed by atoms with Gasteiger partial charge in [-0.15, -0.1) is 0 Å². The van der Waals surface area contributed by atoms with Gasteiger partial charge in [-0.1, -0.05) is 31.5 Å². The van der Waals surface area contributed by atoms with Crippen molar-refractivity contribution in [3.8, 4) is 0 Å². The zero-order valence-electron chi connectivity index (χ0n) is 16.5. The fourth-order valence-electron chi connectivity index (χ4n) is 2.86. The summed E-state index contributed by atoms with van der Waals surface area (Å²) in [5, 5.41) is 2.86. The Morgan fingerprint density at radius 3 is 2.26 bits per heavy atom. The van der Waals surface area contributed by atoms with Crippen molar-refractivity contribution >= 4 is 27.3 Å². The summed E-state index contributed by atoms with van der Waals surface area (Å²) in [7, 11) is 0.0772. The van der Waals surface area contributed by atoms with Gasteiger partial charge in [0.25, 0.3) is 5.91 Å². The van der Waals surface area contributed by atoms with Crippen LogP contribution in [0.25, 0.3) is 0 Å². The van der Waals surface area contributed by atoms with Crippen LogP contribution in [0.15, 0.2) is 47.4 Å². The SMILES string of the molecule is CCN(CC)S(=O)(=O)c1ccc(N(C)C)c(NC(=O)c2cccc(C)c2)c1. The maximum atomic E-state index is 12.8. The van der Waals surface area contributed by atoms with Crippen molar-refractivity contribution in [2.75, 3.05) is 37.4 Å². The Balaban J connectivity index is 2.46. The molecule has 1 amide bonds. The van der Waals surface area contributed by atoms with E-state index in [-0.39, 0.29) is 10.8 Å². The van der Waals surface area contributed by atoms with Crippen LogP contribution in [0.4, 0.5) is 11.4 Å². The number of carbonyl (C=O) groups excluding carboxylic acids is 1. The van der Waals surface area contributed by atoms with Crippen molar-refractivity contribution in [2.45, 2.75) is 25.7 Å². The highest BCUT2D eigenvalue weighted by Gasteiger charge is 2.23. The van der Waals surface area contributed by atoms with Crippen LogP contribution in [0.3, 0.4) is 0 Å². The molecule has 0 saturated heterocycles. The molecule has 0 saturated carbocycles. The van der Waals surface area contributed by atoms with Gasteiger partial charge in [0.2, 0.25) is 10.0 Å². The van der Waals surface area contributed by atoms with E-state index in [1.807, 2.05) is 38.1 Å². The number of rotatable bonds is 7. The molecule has 0 bridgehead atoms. The van der Waals surface area contributed by atoms with Crippen LogP contribution in [-0.2, 0) is 10.0 Å². The lowest BCUT2D eigenvalue weighted by atomic mass is 10.1. The molecule has 0 heterocycles. The highest BCUT2D eigenvalue weighted by atomic mass is 32.2. The summed E-state index contributed by atoms with van der Waals surface area (Å²) in [5.41, 5.74) is 2.69. The van der Waals surface area contributed by atoms with Crippen LogP contribution >= 0.6 is 0 Å². The first kappa shape index (κ1) is 20.9. The van der Waals surface area contributed by atoms with Gasteiger partial charge in [-0.3, -0.25) is 4.79 Å². The highest BCUT2D eigenvalue weighted by Crippen LogP contribution is 2.29. The monoisotopic (exact) mass is 389 g/mol. The van der Waals surface area contributed by atoms with Crippen LogP contribution in [0.2, 0.25) is 0 Å². The van der Waals surface area contributed by atoms with E-state index in [9.17, 15) is 13.2 Å². The number of hydrogen-bond donors (Lipinski definition) is 1. The summed E-state index contributed by atoms with van der Waals surface area (Å²) >= 11 is 0. The standard InChI is InChI=1S/C20H27N3O3S/c1-6-23(7-2)27(25,26)17-11-12-19(22(4)5)18(14-17)21-20(24)16-10-8-9-15(3)13-16/h8-14H,6-7H2,1-5H3,(H,21,24). The summed E-state index contributed by atoms with van der Waals surface area (Å²) in [5.74, 6) is -0.279. The van der Waals surface area contributed by atoms with Gasteiger partial charge in [-0.05, 0) is 37.3 Å². The Kier molecular flexibility index (Phi) is 6.62. The molecule has 27 heavy (non-hydrogen) atoms. The molecule has 0 aliphatic rings. The second-order valence-corrected chi connectivity index (χ2v) is 8.42. The number of carbonyl (C=O) groups is 1. The zero-order chi connectivity index (χ0) is 20.2. The van der Waals surface area contributed by atoms with Gasteiger partial charge in [0.05, 0.1) is 16.3 Å². The van der Waals surface area contributed by atoms with E-state index < -0.39 is 10.0 Å². The maximum Gasteiger partial charge on any atom is 0.255 e. The van der Waals surface area contributed by atoms with Crippen LogP contribution in [0.1, 0.15) is 29.8 Å². The van der Waals surface area contributed by atoms with E-state index >= 15 is 0 Å². The third-order valence-electron chi connectivity index (χ3n) is 4.32. The molecular weight excluding hydrogens is 362 g/mol. The van der Waals surface area contributed by atoms with Crippen LogP contribution in [0, 0.1) is 6.92 Å². The van der Waals surface area contributed by atoms with Crippen molar-refractivity contribution in [1.29, 1.82) is 0 Å². The maximum absolute atomic E-state index is 12.8. The quantitative estimate of drug-likeness (QED) is 0.788. The van der Waals surface area contributed by atoms with Crippen molar-refractivity contribution in [3.05, 3.63) is 53.6 Å². The largest absolute Gasteiger partial charge is 0.376 e. The molecule has 7 heteroatoms. The Morgan fingerprint density at radius 1 is 1.04 bits per heavy atom. The van der Waals surface area contributed by atoms with E-state index in [0.29, 0.717) is 24.3 Å². The van der Waals surface area contributed by atoms with Crippen LogP contribution < -0.4 is 10.2 Å². The van der Waals surface area contributed by atoms with Gasteiger partial charge >= 0.3 is 0 Å². The molecule has 2 aromatic rings. The molecule has 0 atom stereocenters. The first-order chi connectivity index (χ1) is 12.7. The van der Waals surface area contributed by atoms with Crippen molar-refractivity contribution in [1.82, 2.24) is 4.31 Å². The molecule has 0 aromatic heterocycles. The number of nitrogens with zero attached hydrogens (tertiary/aromatic N) is 2. The molecule has 1 N–H and O–H groups in total. The lowest BCUT2D eigenvalue weighted by molar-refractivity contribution is 0.102. The Hall–Kier alpha value is -2.38. The van der Waals surface area contributed by atoms with Gasteiger partial charge in [0, 0.05) is 32.7 Å². The first-order valence-corrected chi connectivity index (χ1v) is 10.3. The number of benzene rings is 2. The number of aryl methyl sites for hydroxylation is 1. The molecule has 2 aromatic carbocycles. The summed E-state index contributed by atoms with van der Waals surface area (Å²) in [6, 6.07) is 12.1. The van der Waals surface area contributed by atoms with Crippen LogP contribution in [0.5, 0.6) is 0 Å². The molecule has 146 valence electrons. The fraction of sp³-hybridized carbons (Fsp3) is 0.350. The normalized spacial score (nSPS) is 11.5. The summed E-state index contributed by atoms with van der Waals surface area (Å²) < 4.78 is 27.0. The molecule has 2 rings (SSSR count). The van der Waals surface area contributed by atoms with E-state index in [4.69, 9.17) is 0 Å². The summed E-state index contributed by atoms with van der Waals surface area (Å²) in [6.45, 7) is 6.29. The third-order valence-corrected chi connectivity index (χ3v) is 6.37. The van der Waals surface area contributed by atoms with Gasteiger partial charge < -0.3 is 10.2 Å². The molecule has 0 aliphatic heterocycles. The van der Waals surface area contributed by atoms with E-state index in [1.165, 1.54) is 10.4 Å². The Morgan fingerprint density at radius 2 is 1.70 bits per heavy atom. The summed E-state index contributed by atoms with van der Waals surface area (Å²) in [4.78, 5) is 14.7. The number of hydrogen-bond acceptors (Lipinski definition) is 4. The lowest BCUT2D eigenvalue weighted by Gasteiger charge is -2.22. The second kappa shape index (κ2) is 8.54. The fourth-order valence-corrected chi connectivity index (χ4v) is 4.34. The van der Waals surface area contributed by atoms with E-state index in [1.54, 1.807) is 38.1 Å². The van der Waals surface area contributed by atoms with E-state index in [2.05, 4.69) is 5.32 Å². The van der Waals surface area contributed by atoms with E-state index in [0.717, 1.165) is 11.3 Å². The minimum absolute atomic E-state index is 0.163. The average Bonchev–Trinajstić information content (AvgIpc) is 2.62. The Labute approximate surface area is 161 Å². The van der Waals surface area contributed by atoms with Crippen molar-refractivity contribution in [3.63, 3.8) is 0 Å². The molecule has 0 radical (unpaired) electrons. The molecule has 0 aliphatic carbocycles. The van der Waals surface area contributed by atoms with Gasteiger partial charge in [0.1, 0.15) is 0 Å². The topological polar surface area (TPSA) is 69.7 Å². The first-order valence-electron chi connectivity index (χ1n) is 8.90. The van der Waals surface area contributed by atoms with Gasteiger partial charge in [-0.25, -0.2) is 8.42 Å². The zero-order valence-corrected chi connectivity index (χ0v) is 17.3. The van der Waals surface area contributed by atoms with Crippen LogP contribution in [-0.4, -0.2) is 45.8 Å². The highest BCUT2D eigenvalue weighted by molar-refractivity contribution is 7.89. The summed E-state index contributed by atoms with van der Waals surface area (Å²) in [6.07, 6.45) is 0. The minimum Gasteiger partial charge on any atom is -0.376 e. The molecule has 0 spiro atoms. The number of amides is 1. The number of anilines is 2. The lowest BCUT2D eigenvalue weighted by Crippen LogP contribution is -2.30. The van der Waals surface area contributed by atoms with Crippen molar-refractivity contribution in [2.24, 2.45) is 0 Å². The van der Waals surface area contributed by atoms with Crippen molar-refractivity contribution < 1.29 is 13.2 Å². The van der Waals surface area contributed by atoms with Gasteiger partial charge in [0.15, 0.2) is 0 Å². The van der Waals surface area contributed by atoms with Gasteiger partial charge in [-0.2, -0.15) is 4.31 Å². The average molecular weight is 390 g/mol. The predicted molar refractivity (Wildman–Crippen MR) is 110 cm³/mol. The number of nitrogens with one attached hydrogen (secondary N) is 1. The predicted octanol–water partition coefficient (Wildman–Crippen LogP) is 3.34. The minimum atomic E-state index is -3.61. The Bertz CT molecular complexity index is 920.